The number of hydrogen-bond donors (Lipinski definition) is 2. The van der Waals surface area contributed by atoms with Crippen LogP contribution in [-0.4, -0.2) is 41.1 Å². The summed E-state index contributed by atoms with van der Waals surface area (Å²) in [5.74, 6) is -0.590. The first-order valence-corrected chi connectivity index (χ1v) is 19.5. The van der Waals surface area contributed by atoms with Crippen molar-refractivity contribution in [1.82, 2.24) is 0 Å². The second-order valence-corrected chi connectivity index (χ2v) is 17.4. The summed E-state index contributed by atoms with van der Waals surface area (Å²) >= 11 is 0. The van der Waals surface area contributed by atoms with Gasteiger partial charge < -0.3 is 19.7 Å². The van der Waals surface area contributed by atoms with Gasteiger partial charge in [-0.15, -0.1) is 0 Å². The Bertz CT molecular complexity index is 1450. The second kappa shape index (κ2) is 18.2. The maximum Gasteiger partial charge on any atom is 0.307 e. The molecule has 0 spiro atoms. The van der Waals surface area contributed by atoms with Crippen LogP contribution in [0, 0.1) is 39.5 Å². The molecule has 0 radical (unpaired) electrons. The number of carbonyl (C=O) groups is 2. The van der Waals surface area contributed by atoms with Crippen molar-refractivity contribution in [2.75, 3.05) is 0 Å². The van der Waals surface area contributed by atoms with Gasteiger partial charge in [-0.25, -0.2) is 8.42 Å². The molecule has 0 aliphatic carbocycles. The molecular formula is C40H62O8S. The molecule has 2 aromatic rings. The quantitative estimate of drug-likeness (QED) is 0.147. The Morgan fingerprint density at radius 1 is 0.653 bits per heavy atom. The Labute approximate surface area is 295 Å². The highest BCUT2D eigenvalue weighted by Gasteiger charge is 2.38. The van der Waals surface area contributed by atoms with Gasteiger partial charge in [0.05, 0.1) is 23.3 Å². The zero-order valence-corrected chi connectivity index (χ0v) is 32.8. The average molecular weight is 703 g/mol. The van der Waals surface area contributed by atoms with Crippen molar-refractivity contribution < 1.29 is 37.7 Å². The van der Waals surface area contributed by atoms with Crippen LogP contribution >= 0.6 is 0 Å². The standard InChI is InChI=1S/C40H62O8S/c1-13-25(7)33-17-27(9)35(29(11)39(33)43)21-47-37(41)19-31(15-23(3)4)49(45,46)32(16-24(5)6)20-38(42)48-22-36-28(10)18-34(26(8)14-2)40(44)30(36)12/h17-18,23-26,31-32,43-44H,13-16,19-22H2,1-12H3. The van der Waals surface area contributed by atoms with Crippen molar-refractivity contribution in [3.05, 3.63) is 56.6 Å². The van der Waals surface area contributed by atoms with Gasteiger partial charge in [-0.05, 0) is 122 Å². The largest absolute Gasteiger partial charge is 0.507 e. The summed E-state index contributed by atoms with van der Waals surface area (Å²) in [6.45, 7) is 23.1. The van der Waals surface area contributed by atoms with Crippen LogP contribution in [0.5, 0.6) is 11.5 Å². The Balaban J connectivity index is 2.26. The predicted octanol–water partition coefficient (Wildman–Crippen LogP) is 9.17. The molecule has 0 aliphatic rings. The highest BCUT2D eigenvalue weighted by Crippen LogP contribution is 2.37. The summed E-state index contributed by atoms with van der Waals surface area (Å²) in [5.41, 5.74) is 6.21. The number of phenolic OH excluding ortho intramolecular Hbond substituents is 2. The number of aromatic hydroxyl groups is 2. The zero-order valence-electron chi connectivity index (χ0n) is 32.0. The number of phenols is 2. The Morgan fingerprint density at radius 3 is 1.27 bits per heavy atom. The molecule has 0 saturated heterocycles. The lowest BCUT2D eigenvalue weighted by Crippen LogP contribution is -2.37. The summed E-state index contributed by atoms with van der Waals surface area (Å²) in [4.78, 5) is 26.5. The minimum absolute atomic E-state index is 0.0224. The van der Waals surface area contributed by atoms with Crippen molar-refractivity contribution in [2.45, 2.75) is 157 Å². The summed E-state index contributed by atoms with van der Waals surface area (Å²) in [5, 5.41) is 19.6. The van der Waals surface area contributed by atoms with E-state index in [0.29, 0.717) is 22.3 Å². The third-order valence-corrected chi connectivity index (χ3v) is 12.7. The summed E-state index contributed by atoms with van der Waals surface area (Å²) in [7, 11) is -3.97. The lowest BCUT2D eigenvalue weighted by molar-refractivity contribution is -0.145. The van der Waals surface area contributed by atoms with E-state index in [4.69, 9.17) is 9.47 Å². The first-order valence-electron chi connectivity index (χ1n) is 17.9. The van der Waals surface area contributed by atoms with Gasteiger partial charge in [0.25, 0.3) is 0 Å². The first kappa shape index (κ1) is 42.1. The third kappa shape index (κ3) is 11.0. The van der Waals surface area contributed by atoms with E-state index in [1.807, 2.05) is 53.7 Å². The van der Waals surface area contributed by atoms with E-state index in [9.17, 15) is 28.2 Å². The molecule has 0 aliphatic heterocycles. The summed E-state index contributed by atoms with van der Waals surface area (Å²) < 4.78 is 39.7. The van der Waals surface area contributed by atoms with Crippen LogP contribution in [0.2, 0.25) is 0 Å². The lowest BCUT2D eigenvalue weighted by Gasteiger charge is -2.26. The minimum atomic E-state index is -3.97. The maximum atomic E-state index is 14.2. The van der Waals surface area contributed by atoms with Gasteiger partial charge in [0.1, 0.15) is 24.7 Å². The molecule has 2 aromatic carbocycles. The molecule has 0 heterocycles. The van der Waals surface area contributed by atoms with Crippen molar-refractivity contribution in [3.63, 3.8) is 0 Å². The molecule has 0 saturated carbocycles. The van der Waals surface area contributed by atoms with Crippen molar-refractivity contribution in [3.8, 4) is 11.5 Å². The topological polar surface area (TPSA) is 127 Å². The van der Waals surface area contributed by atoms with E-state index in [0.717, 1.165) is 35.1 Å². The van der Waals surface area contributed by atoms with E-state index < -0.39 is 32.3 Å². The van der Waals surface area contributed by atoms with Crippen molar-refractivity contribution in [2.24, 2.45) is 11.8 Å². The Morgan fingerprint density at radius 2 is 0.980 bits per heavy atom. The predicted molar refractivity (Wildman–Crippen MR) is 197 cm³/mol. The lowest BCUT2D eigenvalue weighted by atomic mass is 9.90. The molecular weight excluding hydrogens is 640 g/mol. The fourth-order valence-corrected chi connectivity index (χ4v) is 9.10. The fourth-order valence-electron chi connectivity index (χ4n) is 6.51. The molecule has 276 valence electrons. The van der Waals surface area contributed by atoms with Crippen LogP contribution in [0.25, 0.3) is 0 Å². The van der Waals surface area contributed by atoms with E-state index in [1.165, 1.54) is 0 Å². The highest BCUT2D eigenvalue weighted by atomic mass is 32.2. The van der Waals surface area contributed by atoms with Crippen LogP contribution in [-0.2, 0) is 42.1 Å². The number of benzene rings is 2. The van der Waals surface area contributed by atoms with E-state index in [2.05, 4.69) is 27.7 Å². The molecule has 4 atom stereocenters. The summed E-state index contributed by atoms with van der Waals surface area (Å²) in [6, 6.07) is 3.85. The van der Waals surface area contributed by atoms with Crippen LogP contribution in [0.3, 0.4) is 0 Å². The maximum absolute atomic E-state index is 14.2. The fraction of sp³-hybridized carbons (Fsp3) is 0.650. The normalized spacial score (nSPS) is 14.5. The zero-order chi connectivity index (χ0) is 37.4. The Kier molecular flexibility index (Phi) is 15.7. The van der Waals surface area contributed by atoms with Gasteiger partial charge in [-0.1, -0.05) is 67.5 Å². The van der Waals surface area contributed by atoms with Gasteiger partial charge in [-0.3, -0.25) is 9.59 Å². The number of esters is 2. The number of hydrogen-bond acceptors (Lipinski definition) is 8. The van der Waals surface area contributed by atoms with Gasteiger partial charge in [-0.2, -0.15) is 0 Å². The molecule has 2 N–H and O–H groups in total. The smallest absolute Gasteiger partial charge is 0.307 e. The number of rotatable bonds is 18. The molecule has 8 nitrogen and oxygen atoms in total. The van der Waals surface area contributed by atoms with Crippen LogP contribution in [0.15, 0.2) is 12.1 Å². The van der Waals surface area contributed by atoms with E-state index in [-0.39, 0.29) is 74.1 Å². The number of sulfone groups is 1. The van der Waals surface area contributed by atoms with Crippen molar-refractivity contribution in [1.29, 1.82) is 0 Å². The number of ether oxygens (including phenoxy) is 2. The SMILES string of the molecule is CCC(C)c1cc(C)c(COC(=O)CC(CC(C)C)S(=O)(=O)C(CC(=O)OCc2c(C)cc(C(C)CC)c(O)c2C)CC(C)C)c(C)c1O. The summed E-state index contributed by atoms with van der Waals surface area (Å²) in [6.07, 6.45) is 1.56. The van der Waals surface area contributed by atoms with Gasteiger partial charge >= 0.3 is 11.9 Å². The van der Waals surface area contributed by atoms with Crippen LogP contribution < -0.4 is 0 Å². The van der Waals surface area contributed by atoms with Gasteiger partial charge in [0.2, 0.25) is 0 Å². The number of carbonyl (C=O) groups excluding carboxylic acids is 2. The van der Waals surface area contributed by atoms with Crippen LogP contribution in [0.1, 0.15) is 150 Å². The van der Waals surface area contributed by atoms with Gasteiger partial charge in [0.15, 0.2) is 9.84 Å². The molecule has 0 amide bonds. The molecule has 0 aromatic heterocycles. The van der Waals surface area contributed by atoms with E-state index in [1.54, 1.807) is 13.8 Å². The minimum Gasteiger partial charge on any atom is -0.507 e. The molecule has 0 fully saturated rings. The molecule has 4 unspecified atom stereocenters. The first-order chi connectivity index (χ1) is 22.8. The number of aryl methyl sites for hydroxylation is 2. The Hall–Kier alpha value is -3.07. The monoisotopic (exact) mass is 702 g/mol. The van der Waals surface area contributed by atoms with E-state index >= 15 is 0 Å². The molecule has 49 heavy (non-hydrogen) atoms. The molecule has 9 heteroatoms. The second-order valence-electron chi connectivity index (χ2n) is 14.9. The van der Waals surface area contributed by atoms with Crippen molar-refractivity contribution >= 4 is 21.8 Å². The van der Waals surface area contributed by atoms with Crippen LogP contribution in [0.4, 0.5) is 0 Å². The van der Waals surface area contributed by atoms with Gasteiger partial charge in [0, 0.05) is 0 Å². The average Bonchev–Trinajstić information content (AvgIpc) is 3.02. The highest BCUT2D eigenvalue weighted by molar-refractivity contribution is 7.92. The molecule has 2 rings (SSSR count). The molecule has 0 bridgehead atoms. The third-order valence-electron chi connectivity index (χ3n) is 10.1.